The fraction of sp³-hybridized carbons (Fsp3) is 1.00. The van der Waals surface area contributed by atoms with Crippen molar-refractivity contribution in [3.63, 3.8) is 0 Å². The number of hydrogen-bond donors (Lipinski definition) is 2. The second-order valence-electron chi connectivity index (χ2n) is 4.48. The molecular formula is C10H19NO2. The Hall–Kier alpha value is -0.120. The van der Waals surface area contributed by atoms with E-state index in [1.807, 2.05) is 0 Å². The molecule has 3 nitrogen and oxygen atoms in total. The Morgan fingerprint density at radius 1 is 1.15 bits per heavy atom. The van der Waals surface area contributed by atoms with Crippen molar-refractivity contribution in [3.05, 3.63) is 0 Å². The molecule has 0 spiro atoms. The van der Waals surface area contributed by atoms with Gasteiger partial charge in [0.2, 0.25) is 0 Å². The number of aliphatic hydroxyl groups is 1. The zero-order valence-corrected chi connectivity index (χ0v) is 8.09. The molecule has 0 amide bonds. The second kappa shape index (κ2) is 3.23. The maximum atomic E-state index is 10.5. The van der Waals surface area contributed by atoms with Gasteiger partial charge in [0.25, 0.3) is 0 Å². The van der Waals surface area contributed by atoms with Crippen LogP contribution in [0.4, 0.5) is 0 Å². The van der Waals surface area contributed by atoms with Crippen LogP contribution < -0.4 is 5.73 Å². The van der Waals surface area contributed by atoms with E-state index < -0.39 is 5.60 Å². The fourth-order valence-corrected chi connectivity index (χ4v) is 2.48. The first kappa shape index (κ1) is 9.44. The van der Waals surface area contributed by atoms with Gasteiger partial charge in [0.05, 0.1) is 5.60 Å². The third-order valence-corrected chi connectivity index (χ3v) is 3.77. The largest absolute Gasteiger partial charge is 0.389 e. The number of hydrogen-bond acceptors (Lipinski definition) is 3. The van der Waals surface area contributed by atoms with Crippen LogP contribution in [0.2, 0.25) is 0 Å². The van der Waals surface area contributed by atoms with Crippen molar-refractivity contribution in [3.8, 4) is 0 Å². The first-order valence-electron chi connectivity index (χ1n) is 5.23. The summed E-state index contributed by atoms with van der Waals surface area (Å²) in [7, 11) is 0. The van der Waals surface area contributed by atoms with Gasteiger partial charge in [-0.1, -0.05) is 0 Å². The van der Waals surface area contributed by atoms with Crippen LogP contribution in [0.5, 0.6) is 0 Å². The van der Waals surface area contributed by atoms with Gasteiger partial charge in [-0.2, -0.15) is 0 Å². The average molecular weight is 185 g/mol. The van der Waals surface area contributed by atoms with Gasteiger partial charge in [0, 0.05) is 31.6 Å². The second-order valence-corrected chi connectivity index (χ2v) is 4.48. The minimum absolute atomic E-state index is 0.0424. The van der Waals surface area contributed by atoms with E-state index in [1.165, 1.54) is 0 Å². The summed E-state index contributed by atoms with van der Waals surface area (Å²) in [5.74, 6) is 0. The van der Waals surface area contributed by atoms with E-state index in [1.54, 1.807) is 0 Å². The van der Waals surface area contributed by atoms with Crippen molar-refractivity contribution < 1.29 is 9.84 Å². The molecule has 13 heavy (non-hydrogen) atoms. The lowest BCUT2D eigenvalue weighted by Gasteiger charge is -2.34. The quantitative estimate of drug-likeness (QED) is 0.664. The van der Waals surface area contributed by atoms with Crippen LogP contribution in [0.1, 0.15) is 32.1 Å². The molecule has 0 aromatic carbocycles. The predicted octanol–water partition coefficient (Wildman–Crippen LogP) is 0.657. The van der Waals surface area contributed by atoms with E-state index in [4.69, 9.17) is 10.5 Å². The van der Waals surface area contributed by atoms with Gasteiger partial charge < -0.3 is 15.6 Å². The van der Waals surface area contributed by atoms with Gasteiger partial charge in [-0.3, -0.25) is 0 Å². The molecule has 1 unspecified atom stereocenters. The molecular weight excluding hydrogens is 166 g/mol. The van der Waals surface area contributed by atoms with Gasteiger partial charge in [0.15, 0.2) is 0 Å². The molecule has 1 atom stereocenters. The molecule has 76 valence electrons. The number of ether oxygens (including phenoxy) is 1. The summed E-state index contributed by atoms with van der Waals surface area (Å²) in [5.41, 5.74) is 5.25. The standard InChI is InChI=1S/C10H19NO2/c11-8-9(3-4-9)10(12)2-1-6-13-7-5-10/h12H,1-8,11H2. The molecule has 0 radical (unpaired) electrons. The van der Waals surface area contributed by atoms with E-state index in [2.05, 4.69) is 0 Å². The van der Waals surface area contributed by atoms with Crippen molar-refractivity contribution in [2.24, 2.45) is 11.1 Å². The number of nitrogens with two attached hydrogens (primary N) is 1. The highest BCUT2D eigenvalue weighted by Crippen LogP contribution is 2.56. The normalized spacial score (nSPS) is 38.3. The van der Waals surface area contributed by atoms with Crippen LogP contribution in [0, 0.1) is 5.41 Å². The molecule has 1 saturated carbocycles. The first-order valence-corrected chi connectivity index (χ1v) is 5.23. The molecule has 1 heterocycles. The molecule has 3 N–H and O–H groups in total. The van der Waals surface area contributed by atoms with Crippen molar-refractivity contribution in [1.82, 2.24) is 0 Å². The minimum atomic E-state index is -0.530. The zero-order valence-electron chi connectivity index (χ0n) is 8.09. The third kappa shape index (κ3) is 1.49. The molecule has 0 bridgehead atoms. The average Bonchev–Trinajstić information content (AvgIpc) is 2.89. The maximum Gasteiger partial charge on any atom is 0.0738 e. The molecule has 1 aliphatic carbocycles. The van der Waals surface area contributed by atoms with Gasteiger partial charge in [-0.15, -0.1) is 0 Å². The molecule has 3 heteroatoms. The van der Waals surface area contributed by atoms with Crippen LogP contribution in [0.3, 0.4) is 0 Å². The molecule has 2 aliphatic rings. The Bertz CT molecular complexity index is 181. The topological polar surface area (TPSA) is 55.5 Å². The van der Waals surface area contributed by atoms with E-state index >= 15 is 0 Å². The molecule has 0 aromatic rings. The van der Waals surface area contributed by atoms with Gasteiger partial charge in [-0.05, 0) is 25.7 Å². The van der Waals surface area contributed by atoms with E-state index in [0.29, 0.717) is 13.2 Å². The van der Waals surface area contributed by atoms with Crippen molar-refractivity contribution in [2.75, 3.05) is 19.8 Å². The smallest absolute Gasteiger partial charge is 0.0738 e. The summed E-state index contributed by atoms with van der Waals surface area (Å²) in [6, 6.07) is 0. The SMILES string of the molecule is NCC1(C2(O)CCCOCC2)CC1. The summed E-state index contributed by atoms with van der Waals surface area (Å²) in [4.78, 5) is 0. The highest BCUT2D eigenvalue weighted by atomic mass is 16.5. The predicted molar refractivity (Wildman–Crippen MR) is 50.3 cm³/mol. The van der Waals surface area contributed by atoms with Crippen LogP contribution in [-0.2, 0) is 4.74 Å². The molecule has 1 saturated heterocycles. The van der Waals surface area contributed by atoms with E-state index in [0.717, 1.165) is 38.7 Å². The van der Waals surface area contributed by atoms with Gasteiger partial charge in [0.1, 0.15) is 0 Å². The van der Waals surface area contributed by atoms with Crippen molar-refractivity contribution in [1.29, 1.82) is 0 Å². The highest BCUT2D eigenvalue weighted by molar-refractivity contribution is 5.09. The lowest BCUT2D eigenvalue weighted by Crippen LogP contribution is -2.44. The van der Waals surface area contributed by atoms with Crippen LogP contribution in [0.25, 0.3) is 0 Å². The third-order valence-electron chi connectivity index (χ3n) is 3.77. The van der Waals surface area contributed by atoms with E-state index in [-0.39, 0.29) is 5.41 Å². The molecule has 1 aliphatic heterocycles. The summed E-state index contributed by atoms with van der Waals surface area (Å²) < 4.78 is 5.36. The summed E-state index contributed by atoms with van der Waals surface area (Å²) >= 11 is 0. The van der Waals surface area contributed by atoms with Crippen molar-refractivity contribution >= 4 is 0 Å². The van der Waals surface area contributed by atoms with Gasteiger partial charge >= 0.3 is 0 Å². The highest BCUT2D eigenvalue weighted by Gasteiger charge is 2.57. The maximum absolute atomic E-state index is 10.5. The molecule has 2 rings (SSSR count). The van der Waals surface area contributed by atoms with Gasteiger partial charge in [-0.25, -0.2) is 0 Å². The lowest BCUT2D eigenvalue weighted by molar-refractivity contribution is -0.0453. The summed E-state index contributed by atoms with van der Waals surface area (Å²) in [5, 5.41) is 10.5. The van der Waals surface area contributed by atoms with E-state index in [9.17, 15) is 5.11 Å². The number of rotatable bonds is 2. The summed E-state index contributed by atoms with van der Waals surface area (Å²) in [6.45, 7) is 2.12. The summed E-state index contributed by atoms with van der Waals surface area (Å²) in [6.07, 6.45) is 4.80. The monoisotopic (exact) mass is 185 g/mol. The Morgan fingerprint density at radius 2 is 1.92 bits per heavy atom. The van der Waals surface area contributed by atoms with Crippen LogP contribution in [0.15, 0.2) is 0 Å². The Balaban J connectivity index is 2.08. The lowest BCUT2D eigenvalue weighted by atomic mass is 9.78. The van der Waals surface area contributed by atoms with Crippen LogP contribution in [-0.4, -0.2) is 30.5 Å². The van der Waals surface area contributed by atoms with Crippen LogP contribution >= 0.6 is 0 Å². The molecule has 2 fully saturated rings. The molecule has 0 aromatic heterocycles. The Kier molecular flexibility index (Phi) is 2.34. The Labute approximate surface area is 79.3 Å². The Morgan fingerprint density at radius 3 is 2.54 bits per heavy atom. The zero-order chi connectivity index (χ0) is 9.36. The van der Waals surface area contributed by atoms with Crippen molar-refractivity contribution in [2.45, 2.75) is 37.7 Å². The fourth-order valence-electron chi connectivity index (χ4n) is 2.48. The minimum Gasteiger partial charge on any atom is -0.389 e. The first-order chi connectivity index (χ1) is 6.22.